The van der Waals surface area contributed by atoms with E-state index in [4.69, 9.17) is 9.90 Å². The van der Waals surface area contributed by atoms with Crippen LogP contribution in [0.1, 0.15) is 240 Å². The molecule has 0 aliphatic carbocycles. The molecule has 0 aliphatic rings. The predicted molar refractivity (Wildman–Crippen MR) is 208 cm³/mol. The van der Waals surface area contributed by atoms with Gasteiger partial charge in [-0.2, -0.15) is 0 Å². The lowest BCUT2D eigenvalue weighted by molar-refractivity contribution is -0.805. The Bertz CT molecular complexity index is 768. The van der Waals surface area contributed by atoms with Gasteiger partial charge in [-0.05, 0) is 26.7 Å². The van der Waals surface area contributed by atoms with Gasteiger partial charge in [0, 0.05) is 25.7 Å². The summed E-state index contributed by atoms with van der Waals surface area (Å²) < 4.78 is 0. The van der Waals surface area contributed by atoms with Gasteiger partial charge in [-0.1, -0.05) is 194 Å². The number of unbranched alkanes of at least 4 members (excludes halogenated alkanes) is 28. The molecule has 3 unspecified atom stereocenters. The Morgan fingerprint density at radius 2 is 0.760 bits per heavy atom. The standard InChI is InChI=1S/C41H81NO4.C2H4O2/c1-5-7-9-11-13-15-17-19-21-23-25-27-29-31-33-35-39(44)37(3)41(46,42-38(4)43)40(45)36-34-32-30-28-26-24-22-20-18-16-14-12-10-8-6-2;1-2(3)4/h37-38,42-43,46H,5-36H2,1-4H3;1H3,(H,3,4). The van der Waals surface area contributed by atoms with Crippen molar-refractivity contribution in [2.75, 3.05) is 0 Å². The van der Waals surface area contributed by atoms with Crippen LogP contribution in [-0.4, -0.2) is 39.7 Å². The lowest BCUT2D eigenvalue weighted by Gasteiger charge is -2.30. The van der Waals surface area contributed by atoms with E-state index in [1.54, 1.807) is 6.92 Å². The largest absolute Gasteiger partial charge is 0.550 e. The number of nitrogens with two attached hydrogens (primary N) is 1. The van der Waals surface area contributed by atoms with E-state index in [0.717, 1.165) is 45.4 Å². The minimum atomic E-state index is -1.88. The van der Waals surface area contributed by atoms with Crippen LogP contribution in [0.15, 0.2) is 0 Å². The quantitative estimate of drug-likeness (QED) is 0.0434. The van der Waals surface area contributed by atoms with Gasteiger partial charge in [-0.25, -0.2) is 0 Å². The molecule has 0 aromatic carbocycles. The van der Waals surface area contributed by atoms with E-state index in [2.05, 4.69) is 13.8 Å². The lowest BCUT2D eigenvalue weighted by atomic mass is 9.85. The maximum atomic E-state index is 13.1. The lowest BCUT2D eigenvalue weighted by Crippen LogP contribution is -3.04. The number of carboxylic acids is 1. The van der Waals surface area contributed by atoms with Gasteiger partial charge in [0.25, 0.3) is 5.72 Å². The zero-order chi connectivity index (χ0) is 37.7. The number of carbonyl (C=O) groups is 3. The number of Topliss-reactive ketones (excluding diaryl/α,β-unsaturated/α-hetero) is 2. The topological polar surface area (TPSA) is 131 Å². The molecule has 7 heteroatoms. The molecular formula is C43H85NO6. The molecule has 0 radical (unpaired) electrons. The maximum absolute atomic E-state index is 13.1. The number of rotatable bonds is 37. The van der Waals surface area contributed by atoms with Crippen molar-refractivity contribution in [2.45, 2.75) is 252 Å². The van der Waals surface area contributed by atoms with Crippen LogP contribution in [0.2, 0.25) is 0 Å². The number of carbonyl (C=O) groups excluding carboxylic acids is 3. The van der Waals surface area contributed by atoms with Crippen LogP contribution in [-0.2, 0) is 14.4 Å². The second-order valence-electron chi connectivity index (χ2n) is 15.2. The summed E-state index contributed by atoms with van der Waals surface area (Å²) in [7, 11) is 0. The van der Waals surface area contributed by atoms with Crippen molar-refractivity contribution in [2.24, 2.45) is 5.92 Å². The van der Waals surface area contributed by atoms with Crippen molar-refractivity contribution in [3.8, 4) is 0 Å². The normalized spacial score (nSPS) is 13.7. The summed E-state index contributed by atoms with van der Waals surface area (Å²) >= 11 is 0. The molecule has 4 N–H and O–H groups in total. The van der Waals surface area contributed by atoms with E-state index < -0.39 is 23.8 Å². The highest BCUT2D eigenvalue weighted by molar-refractivity contribution is 5.92. The number of ketones is 2. The fraction of sp³-hybridized carbons (Fsp3) is 0.930. The Morgan fingerprint density at radius 3 is 1.02 bits per heavy atom. The summed E-state index contributed by atoms with van der Waals surface area (Å²) in [5.41, 5.74) is -1.88. The molecule has 50 heavy (non-hydrogen) atoms. The number of hydrogen-bond donors (Lipinski definition) is 3. The molecule has 7 nitrogen and oxygen atoms in total. The van der Waals surface area contributed by atoms with Gasteiger partial charge in [0.15, 0.2) is 6.23 Å². The van der Waals surface area contributed by atoms with E-state index >= 15 is 0 Å². The van der Waals surface area contributed by atoms with Crippen LogP contribution in [0.5, 0.6) is 0 Å². The Balaban J connectivity index is 0. The third kappa shape index (κ3) is 33.8. The number of aliphatic hydroxyl groups is 2. The van der Waals surface area contributed by atoms with Gasteiger partial charge >= 0.3 is 0 Å². The van der Waals surface area contributed by atoms with Crippen LogP contribution in [0, 0.1) is 5.92 Å². The molecule has 0 aliphatic heterocycles. The van der Waals surface area contributed by atoms with E-state index in [1.165, 1.54) is 166 Å². The fourth-order valence-electron chi connectivity index (χ4n) is 6.84. The number of hydrogen-bond acceptors (Lipinski definition) is 6. The number of aliphatic hydroxyl groups excluding tert-OH is 1. The van der Waals surface area contributed by atoms with Crippen molar-refractivity contribution in [3.05, 3.63) is 0 Å². The van der Waals surface area contributed by atoms with Crippen LogP contribution < -0.4 is 10.4 Å². The molecule has 0 aromatic heterocycles. The molecule has 0 rings (SSSR count). The second-order valence-corrected chi connectivity index (χ2v) is 15.2. The average Bonchev–Trinajstić information content (AvgIpc) is 3.07. The molecule has 0 spiro atoms. The highest BCUT2D eigenvalue weighted by Gasteiger charge is 2.48. The van der Waals surface area contributed by atoms with Crippen molar-refractivity contribution in [1.29, 1.82) is 0 Å². The number of aliphatic carboxylic acids is 1. The van der Waals surface area contributed by atoms with Gasteiger partial charge in [0.2, 0.25) is 5.78 Å². The monoisotopic (exact) mass is 712 g/mol. The van der Waals surface area contributed by atoms with Crippen LogP contribution >= 0.6 is 0 Å². The van der Waals surface area contributed by atoms with Crippen molar-refractivity contribution in [3.63, 3.8) is 0 Å². The minimum Gasteiger partial charge on any atom is -0.550 e. The maximum Gasteiger partial charge on any atom is 0.269 e. The molecule has 0 bridgehead atoms. The predicted octanol–water partition coefficient (Wildman–Crippen LogP) is 9.63. The summed E-state index contributed by atoms with van der Waals surface area (Å²) in [5.74, 6) is -2.29. The third-order valence-corrected chi connectivity index (χ3v) is 10.1. The van der Waals surface area contributed by atoms with Crippen molar-refractivity contribution in [1.82, 2.24) is 0 Å². The Kier molecular flexibility index (Phi) is 38.0. The Labute approximate surface area is 309 Å². The first-order valence-corrected chi connectivity index (χ1v) is 21.5. The summed E-state index contributed by atoms with van der Waals surface area (Å²) in [6.45, 7) is 8.71. The first-order valence-electron chi connectivity index (χ1n) is 21.5. The van der Waals surface area contributed by atoms with Gasteiger partial charge < -0.3 is 20.1 Å². The summed E-state index contributed by atoms with van der Waals surface area (Å²) in [6, 6.07) is 0. The summed E-state index contributed by atoms with van der Waals surface area (Å²) in [5, 5.41) is 31.5. The zero-order valence-corrected chi connectivity index (χ0v) is 33.9. The van der Waals surface area contributed by atoms with Crippen LogP contribution in [0.3, 0.4) is 0 Å². The summed E-state index contributed by atoms with van der Waals surface area (Å²) in [6.07, 6.45) is 37.8. The molecule has 0 amide bonds. The molecule has 0 saturated heterocycles. The SMILES string of the molecule is CC(=O)[O-].CCCCCCCCCCCCCCCCCC(=O)C(C)C(O)([NH2+]C(C)O)C(=O)CCCCCCCCCCCCCCCCC. The van der Waals surface area contributed by atoms with Gasteiger partial charge in [-0.15, -0.1) is 0 Å². The van der Waals surface area contributed by atoms with Crippen LogP contribution in [0.4, 0.5) is 0 Å². The molecule has 0 aromatic rings. The van der Waals surface area contributed by atoms with E-state index in [1.807, 2.05) is 0 Å². The van der Waals surface area contributed by atoms with E-state index in [0.29, 0.717) is 6.42 Å². The fourth-order valence-corrected chi connectivity index (χ4v) is 6.84. The van der Waals surface area contributed by atoms with Crippen LogP contribution in [0.25, 0.3) is 0 Å². The Morgan fingerprint density at radius 1 is 0.520 bits per heavy atom. The minimum absolute atomic E-state index is 0.0704. The average molecular weight is 712 g/mol. The van der Waals surface area contributed by atoms with Gasteiger partial charge in [0.05, 0.1) is 0 Å². The van der Waals surface area contributed by atoms with Gasteiger partial charge in [-0.3, -0.25) is 14.9 Å². The number of quaternary nitrogens is 1. The second kappa shape index (κ2) is 37.4. The Hall–Kier alpha value is -1.31. The van der Waals surface area contributed by atoms with E-state index in [-0.39, 0.29) is 18.0 Å². The molecule has 298 valence electrons. The van der Waals surface area contributed by atoms with Gasteiger partial charge in [0.1, 0.15) is 11.7 Å². The highest BCUT2D eigenvalue weighted by Crippen LogP contribution is 2.21. The smallest absolute Gasteiger partial charge is 0.269 e. The molecular weight excluding hydrogens is 626 g/mol. The van der Waals surface area contributed by atoms with Crippen molar-refractivity contribution >= 4 is 17.5 Å². The zero-order valence-electron chi connectivity index (χ0n) is 33.9. The molecule has 3 atom stereocenters. The first kappa shape index (κ1) is 50.8. The third-order valence-electron chi connectivity index (χ3n) is 10.1. The molecule has 0 fully saturated rings. The molecule has 0 heterocycles. The highest BCUT2D eigenvalue weighted by atomic mass is 16.4. The number of carboxylic acid groups (broad SMARTS) is 1. The van der Waals surface area contributed by atoms with Crippen molar-refractivity contribution < 1.29 is 35.0 Å². The summed E-state index contributed by atoms with van der Waals surface area (Å²) in [4.78, 5) is 35.0. The van der Waals surface area contributed by atoms with E-state index in [9.17, 15) is 19.8 Å². The first-order chi connectivity index (χ1) is 24.0. The molecule has 0 saturated carbocycles.